The molecule has 2 unspecified atom stereocenters. The first-order valence-electron chi connectivity index (χ1n) is 4.69. The predicted octanol–water partition coefficient (Wildman–Crippen LogP) is -0.655. The highest BCUT2D eigenvalue weighted by Crippen LogP contribution is 2.29. The number of rotatable bonds is 4. The van der Waals surface area contributed by atoms with Gasteiger partial charge in [0.1, 0.15) is 0 Å². The largest absolute Gasteiger partial charge is 0.370 e. The molecule has 2 aliphatic heterocycles. The minimum Gasteiger partial charge on any atom is -0.370 e. The number of ether oxygens (including phenoxy) is 1. The molecule has 2 amide bonds. The lowest BCUT2D eigenvalue weighted by Crippen LogP contribution is -2.42. The van der Waals surface area contributed by atoms with Gasteiger partial charge in [-0.05, 0) is 0 Å². The number of thioether (sulfide) groups is 1. The van der Waals surface area contributed by atoms with Crippen molar-refractivity contribution in [2.45, 2.75) is 17.3 Å². The molecule has 0 aromatic carbocycles. The predicted molar refractivity (Wildman–Crippen MR) is 55.4 cm³/mol. The Bertz CT molecular complexity index is 227. The fourth-order valence-corrected chi connectivity index (χ4v) is 3.32. The molecular weight excluding hydrogens is 202 g/mol. The number of amides is 2. The van der Waals surface area contributed by atoms with Crippen molar-refractivity contribution in [2.75, 3.05) is 26.1 Å². The van der Waals surface area contributed by atoms with Crippen LogP contribution in [0.15, 0.2) is 0 Å². The summed E-state index contributed by atoms with van der Waals surface area (Å²) in [6, 6.07) is 0.552. The molecule has 2 fully saturated rings. The van der Waals surface area contributed by atoms with Gasteiger partial charge in [-0.3, -0.25) is 5.32 Å². The first-order chi connectivity index (χ1) is 6.81. The highest BCUT2D eigenvalue weighted by atomic mass is 32.2. The third kappa shape index (κ3) is 1.97. The third-order valence-corrected chi connectivity index (χ3v) is 3.97. The van der Waals surface area contributed by atoms with E-state index in [1.165, 1.54) is 0 Å². The average molecular weight is 217 g/mol. The first kappa shape index (κ1) is 10.1. The van der Waals surface area contributed by atoms with Crippen molar-refractivity contribution in [3.8, 4) is 0 Å². The highest BCUT2D eigenvalue weighted by Gasteiger charge is 2.42. The van der Waals surface area contributed by atoms with Crippen LogP contribution in [0.1, 0.15) is 0 Å². The molecule has 5 nitrogen and oxygen atoms in total. The van der Waals surface area contributed by atoms with Gasteiger partial charge in [-0.2, -0.15) is 11.8 Å². The number of methoxy groups -OCH3 is 1. The van der Waals surface area contributed by atoms with Crippen LogP contribution in [0.25, 0.3) is 0 Å². The second kappa shape index (κ2) is 4.37. The monoisotopic (exact) mass is 217 g/mol. The molecule has 2 rings (SSSR count). The standard InChI is InChI=1S/C8H15N3O2S/c1-13-4-9-2-6-7-5(3-14-6)10-8(12)11-7/h5-7,9H,2-4H2,1H3,(H2,10,11,12)/t5?,6-,7?/m0/s1. The molecule has 0 radical (unpaired) electrons. The molecule has 0 aliphatic carbocycles. The summed E-state index contributed by atoms with van der Waals surface area (Å²) in [5.74, 6) is 1.00. The molecule has 0 aromatic rings. The number of carbonyl (C=O) groups excluding carboxylic acids is 1. The summed E-state index contributed by atoms with van der Waals surface area (Å²) in [5, 5.41) is 9.48. The van der Waals surface area contributed by atoms with Gasteiger partial charge in [0.25, 0.3) is 0 Å². The average Bonchev–Trinajstić information content (AvgIpc) is 2.66. The second-order valence-electron chi connectivity index (χ2n) is 3.51. The van der Waals surface area contributed by atoms with Gasteiger partial charge in [-0.15, -0.1) is 0 Å². The van der Waals surface area contributed by atoms with Gasteiger partial charge in [0.2, 0.25) is 0 Å². The van der Waals surface area contributed by atoms with E-state index in [9.17, 15) is 4.79 Å². The number of hydrogen-bond acceptors (Lipinski definition) is 4. The topological polar surface area (TPSA) is 62.4 Å². The number of carbonyl (C=O) groups is 1. The Balaban J connectivity index is 1.80. The van der Waals surface area contributed by atoms with Gasteiger partial charge in [-0.25, -0.2) is 4.79 Å². The summed E-state index contributed by atoms with van der Waals surface area (Å²) in [5.41, 5.74) is 0. The van der Waals surface area contributed by atoms with Crippen LogP contribution in [0.3, 0.4) is 0 Å². The zero-order valence-electron chi connectivity index (χ0n) is 8.08. The quantitative estimate of drug-likeness (QED) is 0.332. The minimum absolute atomic E-state index is 0.0305. The normalized spacial score (nSPS) is 35.2. The van der Waals surface area contributed by atoms with Crippen molar-refractivity contribution in [1.82, 2.24) is 16.0 Å². The molecule has 0 aromatic heterocycles. The Hall–Kier alpha value is -0.460. The summed E-state index contributed by atoms with van der Waals surface area (Å²) in [4.78, 5) is 11.1. The second-order valence-corrected chi connectivity index (χ2v) is 4.78. The zero-order valence-corrected chi connectivity index (χ0v) is 8.89. The van der Waals surface area contributed by atoms with Crippen molar-refractivity contribution in [3.05, 3.63) is 0 Å². The lowest BCUT2D eigenvalue weighted by atomic mass is 10.1. The maximum Gasteiger partial charge on any atom is 0.315 e. The van der Waals surface area contributed by atoms with Crippen molar-refractivity contribution < 1.29 is 9.53 Å². The van der Waals surface area contributed by atoms with Crippen molar-refractivity contribution in [2.24, 2.45) is 0 Å². The molecule has 2 aliphatic rings. The van der Waals surface area contributed by atoms with Gasteiger partial charge in [0, 0.05) is 24.7 Å². The van der Waals surface area contributed by atoms with E-state index in [1.807, 2.05) is 11.8 Å². The van der Waals surface area contributed by atoms with Crippen LogP contribution in [0.2, 0.25) is 0 Å². The molecule has 0 saturated carbocycles. The summed E-state index contributed by atoms with van der Waals surface area (Å²) < 4.78 is 4.91. The number of fused-ring (bicyclic) bond motifs is 1. The third-order valence-electron chi connectivity index (χ3n) is 2.53. The van der Waals surface area contributed by atoms with Crippen molar-refractivity contribution in [3.63, 3.8) is 0 Å². The van der Waals surface area contributed by atoms with E-state index in [-0.39, 0.29) is 12.1 Å². The van der Waals surface area contributed by atoms with Crippen molar-refractivity contribution in [1.29, 1.82) is 0 Å². The zero-order chi connectivity index (χ0) is 9.97. The van der Waals surface area contributed by atoms with Gasteiger partial charge in [-0.1, -0.05) is 0 Å². The Kier molecular flexibility index (Phi) is 3.15. The van der Waals surface area contributed by atoms with E-state index in [2.05, 4.69) is 16.0 Å². The number of nitrogens with one attached hydrogen (secondary N) is 3. The number of urea groups is 1. The van der Waals surface area contributed by atoms with Crippen LogP contribution in [-0.4, -0.2) is 49.5 Å². The molecule has 2 saturated heterocycles. The van der Waals surface area contributed by atoms with Gasteiger partial charge in [0.15, 0.2) is 0 Å². The molecule has 6 heteroatoms. The Morgan fingerprint density at radius 2 is 2.50 bits per heavy atom. The van der Waals surface area contributed by atoms with Crippen LogP contribution in [0, 0.1) is 0 Å². The van der Waals surface area contributed by atoms with Crippen LogP contribution in [0.5, 0.6) is 0 Å². The van der Waals surface area contributed by atoms with Crippen LogP contribution in [-0.2, 0) is 4.74 Å². The molecule has 0 bridgehead atoms. The van der Waals surface area contributed by atoms with E-state index >= 15 is 0 Å². The maximum atomic E-state index is 11.1. The highest BCUT2D eigenvalue weighted by molar-refractivity contribution is 8.00. The fraction of sp³-hybridized carbons (Fsp3) is 0.875. The smallest absolute Gasteiger partial charge is 0.315 e. The van der Waals surface area contributed by atoms with E-state index in [1.54, 1.807) is 7.11 Å². The fourth-order valence-electron chi connectivity index (χ4n) is 1.87. The van der Waals surface area contributed by atoms with Gasteiger partial charge in [0.05, 0.1) is 18.8 Å². The summed E-state index contributed by atoms with van der Waals surface area (Å²) in [6.07, 6.45) is 0. The van der Waals surface area contributed by atoms with Crippen LogP contribution in [0.4, 0.5) is 4.79 Å². The molecule has 0 spiro atoms. The van der Waals surface area contributed by atoms with Gasteiger partial charge >= 0.3 is 6.03 Å². The lowest BCUT2D eigenvalue weighted by Gasteiger charge is -2.16. The molecule has 14 heavy (non-hydrogen) atoms. The summed E-state index contributed by atoms with van der Waals surface area (Å²) in [6.45, 7) is 1.44. The van der Waals surface area contributed by atoms with E-state index in [0.29, 0.717) is 18.0 Å². The first-order valence-corrected chi connectivity index (χ1v) is 5.74. The van der Waals surface area contributed by atoms with Gasteiger partial charge < -0.3 is 15.4 Å². The molecule has 80 valence electrons. The Morgan fingerprint density at radius 3 is 3.29 bits per heavy atom. The minimum atomic E-state index is -0.0305. The van der Waals surface area contributed by atoms with Crippen LogP contribution >= 0.6 is 11.8 Å². The summed E-state index contributed by atoms with van der Waals surface area (Å²) in [7, 11) is 1.66. The molecular formula is C8H15N3O2S. The Morgan fingerprint density at radius 1 is 1.64 bits per heavy atom. The van der Waals surface area contributed by atoms with E-state index < -0.39 is 0 Å². The van der Waals surface area contributed by atoms with E-state index in [0.717, 1.165) is 12.3 Å². The molecule has 3 N–H and O–H groups in total. The maximum absolute atomic E-state index is 11.1. The summed E-state index contributed by atoms with van der Waals surface area (Å²) >= 11 is 1.89. The van der Waals surface area contributed by atoms with E-state index in [4.69, 9.17) is 4.74 Å². The number of hydrogen-bond donors (Lipinski definition) is 3. The Labute approximate surface area is 87.3 Å². The lowest BCUT2D eigenvalue weighted by molar-refractivity contribution is 0.175. The molecule has 2 heterocycles. The van der Waals surface area contributed by atoms with Crippen molar-refractivity contribution >= 4 is 17.8 Å². The van der Waals surface area contributed by atoms with Crippen LogP contribution < -0.4 is 16.0 Å². The molecule has 3 atom stereocenters. The SMILES string of the molecule is COCNC[C@@H]1SCC2NC(=O)NC21.